The second-order valence-corrected chi connectivity index (χ2v) is 21.2. The van der Waals surface area contributed by atoms with Crippen LogP contribution in [0.3, 0.4) is 0 Å². The van der Waals surface area contributed by atoms with Crippen LogP contribution in [0.1, 0.15) is 172 Å². The lowest BCUT2D eigenvalue weighted by Crippen LogP contribution is -2.32. The predicted molar refractivity (Wildman–Crippen MR) is 271 cm³/mol. The Labute approximate surface area is 400 Å². The van der Waals surface area contributed by atoms with E-state index in [1.54, 1.807) is 6.20 Å². The van der Waals surface area contributed by atoms with Gasteiger partial charge < -0.3 is 10.5 Å². The summed E-state index contributed by atoms with van der Waals surface area (Å²) in [7, 11) is -3.67. The van der Waals surface area contributed by atoms with Crippen LogP contribution in [0.5, 0.6) is 0 Å². The number of carbonyl (C=O) groups is 1. The van der Waals surface area contributed by atoms with Crippen molar-refractivity contribution >= 4 is 19.0 Å². The molecule has 7 nitrogen and oxygen atoms in total. The fraction of sp³-hybridized carbons (Fsp3) is 0.691. The molecule has 6 fully saturated rings. The Bertz CT molecular complexity index is 1900. The number of nitrogens with two attached hydrogens (primary N) is 1. The summed E-state index contributed by atoms with van der Waals surface area (Å²) in [6.45, 7) is 28.4. The molecular formula is C55H89BF3N5O2. The lowest BCUT2D eigenvalue weighted by atomic mass is 9.65. The SMILES string of the molecule is C.C.CC1(C)C2CC[C@@]1(C)C(=NCc1ccccn1)C2.CC1(C)C2CC[C@@]1(C)C(=O)C2.CC1(C)C2CC[C@@]1(C)C(CCc1ccccn1)C2.CCOCC.FB(F)F.NCc1ccccn1. The Hall–Kier alpha value is -3.44. The first-order chi connectivity index (χ1) is 30.1. The molecule has 6 aliphatic rings. The lowest BCUT2D eigenvalue weighted by molar-refractivity contribution is -0.128. The van der Waals surface area contributed by atoms with Crippen LogP contribution >= 0.6 is 0 Å². The number of aromatic nitrogens is 3. The third-order valence-corrected chi connectivity index (χ3v) is 17.9. The molecule has 6 bridgehead atoms. The highest BCUT2D eigenvalue weighted by molar-refractivity contribution is 6.33. The van der Waals surface area contributed by atoms with Crippen LogP contribution in [0, 0.1) is 56.2 Å². The maximum atomic E-state index is 11.6. The third kappa shape index (κ3) is 13.2. The fourth-order valence-corrected chi connectivity index (χ4v) is 12.1. The monoisotopic (exact) mass is 920 g/mol. The van der Waals surface area contributed by atoms with E-state index in [4.69, 9.17) is 15.5 Å². The molecular weight excluding hydrogens is 830 g/mol. The van der Waals surface area contributed by atoms with Gasteiger partial charge in [-0.2, -0.15) is 0 Å². The maximum absolute atomic E-state index is 11.6. The summed E-state index contributed by atoms with van der Waals surface area (Å²) in [5, 5.41) is 0. The van der Waals surface area contributed by atoms with E-state index in [1.165, 1.54) is 62.8 Å². The smallest absolute Gasteiger partial charge is 0.382 e. The number of carbonyl (C=O) groups excluding carboxylic acids is 1. The van der Waals surface area contributed by atoms with Crippen molar-refractivity contribution in [2.45, 2.75) is 175 Å². The lowest BCUT2D eigenvalue weighted by Gasteiger charge is -2.39. The van der Waals surface area contributed by atoms with Crippen molar-refractivity contribution in [3.8, 4) is 0 Å². The molecule has 3 heterocycles. The molecule has 7 atom stereocenters. The van der Waals surface area contributed by atoms with Crippen molar-refractivity contribution in [2.75, 3.05) is 13.2 Å². The minimum atomic E-state index is -3.67. The molecule has 6 aliphatic carbocycles. The first-order valence-corrected chi connectivity index (χ1v) is 24.1. The quantitative estimate of drug-likeness (QED) is 0.226. The van der Waals surface area contributed by atoms with E-state index in [1.807, 2.05) is 62.6 Å². The number of ketones is 1. The molecule has 11 heteroatoms. The van der Waals surface area contributed by atoms with Gasteiger partial charge in [0.15, 0.2) is 0 Å². The van der Waals surface area contributed by atoms with Crippen LogP contribution in [-0.2, 0) is 29.0 Å². The number of hydrogen-bond donors (Lipinski definition) is 1. The number of ether oxygens (including phenoxy) is 1. The first-order valence-electron chi connectivity index (χ1n) is 24.1. The van der Waals surface area contributed by atoms with E-state index in [0.717, 1.165) is 68.2 Å². The van der Waals surface area contributed by atoms with Gasteiger partial charge in [0.05, 0.1) is 17.9 Å². The number of halogens is 3. The number of hydrogen-bond acceptors (Lipinski definition) is 7. The highest BCUT2D eigenvalue weighted by atomic mass is 19.4. The van der Waals surface area contributed by atoms with Crippen LogP contribution in [0.2, 0.25) is 0 Å². The topological polar surface area (TPSA) is 103 Å². The van der Waals surface area contributed by atoms with Gasteiger partial charge in [0, 0.05) is 67.0 Å². The minimum Gasteiger partial charge on any atom is -0.382 e. The molecule has 0 amide bonds. The zero-order valence-electron chi connectivity index (χ0n) is 41.2. The molecule has 6 saturated carbocycles. The first kappa shape index (κ1) is 58.7. The van der Waals surface area contributed by atoms with Gasteiger partial charge in [-0.1, -0.05) is 95.4 Å². The summed E-state index contributed by atoms with van der Waals surface area (Å²) in [5.41, 5.74) is 12.2. The Morgan fingerprint density at radius 3 is 1.44 bits per heavy atom. The van der Waals surface area contributed by atoms with Crippen LogP contribution in [0.15, 0.2) is 78.2 Å². The van der Waals surface area contributed by atoms with Crippen molar-refractivity contribution in [2.24, 2.45) is 66.9 Å². The van der Waals surface area contributed by atoms with Gasteiger partial charge in [-0.15, -0.1) is 0 Å². The van der Waals surface area contributed by atoms with Crippen LogP contribution in [-0.4, -0.2) is 47.2 Å². The average molecular weight is 920 g/mol. The van der Waals surface area contributed by atoms with E-state index in [-0.39, 0.29) is 25.7 Å². The van der Waals surface area contributed by atoms with Gasteiger partial charge in [0.1, 0.15) is 5.78 Å². The van der Waals surface area contributed by atoms with E-state index >= 15 is 0 Å². The largest absolute Gasteiger partial charge is 0.762 e. The Balaban J connectivity index is 0.000000291. The van der Waals surface area contributed by atoms with E-state index < -0.39 is 7.54 Å². The number of pyridine rings is 3. The second kappa shape index (κ2) is 25.3. The van der Waals surface area contributed by atoms with Gasteiger partial charge in [0.25, 0.3) is 0 Å². The normalized spacial score (nSPS) is 29.7. The van der Waals surface area contributed by atoms with Gasteiger partial charge in [-0.05, 0) is 160 Å². The number of nitrogens with zero attached hydrogens (tertiary/aromatic N) is 4. The van der Waals surface area contributed by atoms with E-state index in [2.05, 4.69) is 95.5 Å². The number of fused-ring (bicyclic) bond motifs is 6. The average Bonchev–Trinajstić information content (AvgIpc) is 3.92. The number of aliphatic imine (C=N–C) groups is 1. The summed E-state index contributed by atoms with van der Waals surface area (Å²) in [5.74, 6) is 3.91. The van der Waals surface area contributed by atoms with Crippen LogP contribution in [0.25, 0.3) is 0 Å². The minimum absolute atomic E-state index is 0. The molecule has 3 aromatic rings. The van der Waals surface area contributed by atoms with Crippen molar-refractivity contribution in [3.63, 3.8) is 0 Å². The molecule has 370 valence electrons. The Morgan fingerprint density at radius 2 is 1.14 bits per heavy atom. The van der Waals surface area contributed by atoms with E-state index in [0.29, 0.717) is 39.9 Å². The molecule has 9 rings (SSSR count). The Kier molecular flexibility index (Phi) is 22.5. The number of Topliss-reactive ketones (excluding diaryl/α,β-unsaturated/α-hetero) is 1. The van der Waals surface area contributed by atoms with Gasteiger partial charge >= 0.3 is 7.54 Å². The number of aryl methyl sites for hydroxylation is 1. The highest BCUT2D eigenvalue weighted by Crippen LogP contribution is 2.69. The van der Waals surface area contributed by atoms with Crippen LogP contribution in [0.4, 0.5) is 12.9 Å². The van der Waals surface area contributed by atoms with E-state index in [9.17, 15) is 17.7 Å². The fourth-order valence-electron chi connectivity index (χ4n) is 12.1. The zero-order chi connectivity index (χ0) is 47.4. The summed E-state index contributed by atoms with van der Waals surface area (Å²) in [6.07, 6.45) is 19.5. The van der Waals surface area contributed by atoms with Crippen molar-refractivity contribution in [1.29, 1.82) is 0 Å². The molecule has 4 unspecified atom stereocenters. The number of rotatable bonds is 8. The summed E-state index contributed by atoms with van der Waals surface area (Å²) in [6, 6.07) is 18.0. The predicted octanol–water partition coefficient (Wildman–Crippen LogP) is 14.5. The molecule has 0 radical (unpaired) electrons. The van der Waals surface area contributed by atoms with Crippen molar-refractivity contribution in [3.05, 3.63) is 90.3 Å². The van der Waals surface area contributed by atoms with Gasteiger partial charge in [-0.3, -0.25) is 37.7 Å². The van der Waals surface area contributed by atoms with Gasteiger partial charge in [0.2, 0.25) is 0 Å². The molecule has 0 saturated heterocycles. The molecule has 66 heavy (non-hydrogen) atoms. The molecule has 2 N–H and O–H groups in total. The highest BCUT2D eigenvalue weighted by Gasteiger charge is 2.62. The molecule has 0 aliphatic heterocycles. The summed E-state index contributed by atoms with van der Waals surface area (Å²) in [4.78, 5) is 29.3. The zero-order valence-corrected chi connectivity index (χ0v) is 41.2. The summed E-state index contributed by atoms with van der Waals surface area (Å²) < 4.78 is 33.8. The second-order valence-electron chi connectivity index (χ2n) is 21.2. The third-order valence-electron chi connectivity index (χ3n) is 17.9. The molecule has 3 aromatic heterocycles. The molecule has 0 spiro atoms. The standard InChI is InChI=1S/C17H25N.C16H22N2.C10H16O.C6H8N2.C4H10O.2CH4.BF3/c1-16(2)13-9-10-17(16,3)14(12-13)7-8-15-6-4-5-11-18-15;1-15(2)12-7-8-16(15,3)14(10-12)18-11-13-6-4-5-9-17-13;1-9(2)7-4-5-10(9,3)8(11)6-7;7-5-6-3-1-2-4-8-6;1-3-5-4-2;;;2-1(3)4/h4-6,11,13-14H,7-10,12H2,1-3H3;4-6,9,12H,7-8,10-11H2,1-3H3;7H,4-6H2,1-3H3;1-4H,5,7H2;3-4H2,1-2H3;2*1H4;/t13?,14?,17-;12?,16-;7?,10-;;;;;/m000...../s1. The van der Waals surface area contributed by atoms with Crippen molar-refractivity contribution < 1.29 is 22.5 Å². The van der Waals surface area contributed by atoms with Gasteiger partial charge in [-0.25, -0.2) is 0 Å². The van der Waals surface area contributed by atoms with Crippen molar-refractivity contribution in [1.82, 2.24) is 15.0 Å². The Morgan fingerprint density at radius 1 is 0.667 bits per heavy atom. The maximum Gasteiger partial charge on any atom is 0.762 e. The van der Waals surface area contributed by atoms with Crippen LogP contribution < -0.4 is 5.73 Å². The molecule has 0 aromatic carbocycles. The summed E-state index contributed by atoms with van der Waals surface area (Å²) >= 11 is 0.